The first-order chi connectivity index (χ1) is 13.4. The fourth-order valence-electron chi connectivity index (χ4n) is 3.67. The molecule has 0 aliphatic heterocycles. The number of hydrogen-bond acceptors (Lipinski definition) is 5. The van der Waals surface area contributed by atoms with Crippen molar-refractivity contribution in [2.24, 2.45) is 0 Å². The lowest BCUT2D eigenvalue weighted by atomic mass is 9.99. The maximum Gasteiger partial charge on any atom is 0.234 e. The predicted octanol–water partition coefficient (Wildman–Crippen LogP) is 4.09. The summed E-state index contributed by atoms with van der Waals surface area (Å²) in [5.41, 5.74) is 7.33. The van der Waals surface area contributed by atoms with Crippen LogP contribution in [0.25, 0.3) is 11.4 Å². The van der Waals surface area contributed by atoms with E-state index in [4.69, 9.17) is 4.52 Å². The average Bonchev–Trinajstić information content (AvgIpc) is 3.35. The van der Waals surface area contributed by atoms with Gasteiger partial charge in [-0.1, -0.05) is 23.4 Å². The molecule has 0 radical (unpaired) electrons. The lowest BCUT2D eigenvalue weighted by Crippen LogP contribution is -2.04. The first kappa shape index (κ1) is 18.2. The molecular weight excluding hydrogens is 352 g/mol. The van der Waals surface area contributed by atoms with Gasteiger partial charge in [-0.05, 0) is 52.3 Å². The quantitative estimate of drug-likeness (QED) is 0.567. The van der Waals surface area contributed by atoms with Gasteiger partial charge in [0.1, 0.15) is 0 Å². The second-order valence-corrected chi connectivity index (χ2v) is 7.31. The van der Waals surface area contributed by atoms with Crippen LogP contribution in [0.1, 0.15) is 52.6 Å². The van der Waals surface area contributed by atoms with Gasteiger partial charge < -0.3 is 4.52 Å². The molecule has 1 atom stereocenters. The van der Waals surface area contributed by atoms with Crippen LogP contribution in [0, 0.1) is 27.7 Å². The van der Waals surface area contributed by atoms with E-state index < -0.39 is 0 Å². The Bertz CT molecular complexity index is 1100. The molecule has 1 aromatic carbocycles. The van der Waals surface area contributed by atoms with Gasteiger partial charge >= 0.3 is 0 Å². The van der Waals surface area contributed by atoms with Crippen LogP contribution >= 0.6 is 0 Å². The highest BCUT2D eigenvalue weighted by Gasteiger charge is 2.22. The fourth-order valence-corrected chi connectivity index (χ4v) is 3.67. The minimum absolute atomic E-state index is 0.0159. The van der Waals surface area contributed by atoms with Crippen LogP contribution in [-0.4, -0.2) is 30.1 Å². The molecule has 7 heteroatoms. The van der Waals surface area contributed by atoms with Gasteiger partial charge in [-0.15, -0.1) is 0 Å². The molecule has 28 heavy (non-hydrogen) atoms. The summed E-state index contributed by atoms with van der Waals surface area (Å²) in [6.45, 7) is 10.8. The van der Waals surface area contributed by atoms with Gasteiger partial charge in [0, 0.05) is 22.5 Å². The van der Waals surface area contributed by atoms with Gasteiger partial charge in [-0.25, -0.2) is 0 Å². The van der Waals surface area contributed by atoms with E-state index in [2.05, 4.69) is 57.5 Å². The number of aryl methyl sites for hydroxylation is 4. The Morgan fingerprint density at radius 2 is 1.96 bits per heavy atom. The number of nitrogens with one attached hydrogen (secondary N) is 1. The van der Waals surface area contributed by atoms with Crippen LogP contribution in [0.5, 0.6) is 0 Å². The van der Waals surface area contributed by atoms with E-state index in [1.807, 2.05) is 37.6 Å². The first-order valence-corrected chi connectivity index (χ1v) is 9.38. The summed E-state index contributed by atoms with van der Waals surface area (Å²) in [7, 11) is 0. The molecule has 0 spiro atoms. The van der Waals surface area contributed by atoms with E-state index in [-0.39, 0.29) is 5.92 Å². The van der Waals surface area contributed by atoms with Crippen molar-refractivity contribution in [3.8, 4) is 11.4 Å². The molecule has 0 unspecified atom stereocenters. The summed E-state index contributed by atoms with van der Waals surface area (Å²) >= 11 is 0. The van der Waals surface area contributed by atoms with Crippen molar-refractivity contribution in [1.29, 1.82) is 0 Å². The zero-order chi connectivity index (χ0) is 19.8. The molecule has 1 N–H and O–H groups in total. The van der Waals surface area contributed by atoms with E-state index in [9.17, 15) is 0 Å². The van der Waals surface area contributed by atoms with Crippen molar-refractivity contribution >= 4 is 0 Å². The number of aromatic amines is 1. The van der Waals surface area contributed by atoms with Crippen LogP contribution in [0.3, 0.4) is 0 Å². The molecule has 144 valence electrons. The molecule has 0 bridgehead atoms. The van der Waals surface area contributed by atoms with Gasteiger partial charge in [0.15, 0.2) is 0 Å². The highest BCUT2D eigenvalue weighted by Crippen LogP contribution is 2.28. The van der Waals surface area contributed by atoms with Gasteiger partial charge in [0.2, 0.25) is 11.7 Å². The molecule has 0 fully saturated rings. The van der Waals surface area contributed by atoms with Crippen molar-refractivity contribution in [3.63, 3.8) is 0 Å². The SMILES string of the molecule is Cc1cc(C)n(Cc2cccc(-c3noc([C@@H](C)c4c(C)n[nH]c4C)n3)c2)n1. The van der Waals surface area contributed by atoms with Gasteiger partial charge in [-0.2, -0.15) is 15.2 Å². The Kier molecular flexibility index (Phi) is 4.58. The third kappa shape index (κ3) is 3.35. The lowest BCUT2D eigenvalue weighted by molar-refractivity contribution is 0.370. The Labute approximate surface area is 163 Å². The first-order valence-electron chi connectivity index (χ1n) is 9.38. The highest BCUT2D eigenvalue weighted by atomic mass is 16.5. The molecule has 4 rings (SSSR count). The third-order valence-electron chi connectivity index (χ3n) is 5.05. The molecule has 0 aliphatic carbocycles. The molecule has 4 aromatic rings. The summed E-state index contributed by atoms with van der Waals surface area (Å²) in [6, 6.07) is 10.3. The van der Waals surface area contributed by atoms with Crippen LogP contribution in [-0.2, 0) is 6.54 Å². The number of rotatable bonds is 5. The van der Waals surface area contributed by atoms with Crippen LogP contribution in [0.2, 0.25) is 0 Å². The zero-order valence-electron chi connectivity index (χ0n) is 16.8. The molecule has 0 amide bonds. The third-order valence-corrected chi connectivity index (χ3v) is 5.05. The predicted molar refractivity (Wildman–Crippen MR) is 106 cm³/mol. The van der Waals surface area contributed by atoms with Crippen molar-refractivity contribution in [1.82, 2.24) is 30.1 Å². The summed E-state index contributed by atoms with van der Waals surface area (Å²) < 4.78 is 7.58. The Balaban J connectivity index is 1.60. The largest absolute Gasteiger partial charge is 0.338 e. The zero-order valence-corrected chi connectivity index (χ0v) is 16.8. The van der Waals surface area contributed by atoms with Crippen molar-refractivity contribution in [2.75, 3.05) is 0 Å². The molecule has 0 saturated heterocycles. The molecule has 0 saturated carbocycles. The standard InChI is InChI=1S/C21H24N6O/c1-12-9-13(2)27(25-12)11-17-7-6-8-18(10-17)20-22-21(28-26-20)14(3)19-15(4)23-24-16(19)5/h6-10,14H,11H2,1-5H3,(H,23,24)/t14-/m0/s1. The monoisotopic (exact) mass is 376 g/mol. The Morgan fingerprint density at radius 1 is 1.14 bits per heavy atom. The number of aromatic nitrogens is 6. The van der Waals surface area contributed by atoms with Gasteiger partial charge in [0.05, 0.1) is 23.9 Å². The molecular formula is C21H24N6O. The number of hydrogen-bond donors (Lipinski definition) is 1. The Morgan fingerprint density at radius 3 is 2.64 bits per heavy atom. The normalized spacial score (nSPS) is 12.5. The minimum atomic E-state index is -0.0159. The van der Waals surface area contributed by atoms with Crippen molar-refractivity contribution in [3.05, 3.63) is 70.1 Å². The number of nitrogens with zero attached hydrogens (tertiary/aromatic N) is 5. The second kappa shape index (κ2) is 7.07. The van der Waals surface area contributed by atoms with Crippen molar-refractivity contribution < 1.29 is 4.52 Å². The lowest BCUT2D eigenvalue weighted by Gasteiger charge is -2.06. The van der Waals surface area contributed by atoms with E-state index in [1.54, 1.807) is 0 Å². The van der Waals surface area contributed by atoms with E-state index in [0.29, 0.717) is 18.3 Å². The van der Waals surface area contributed by atoms with E-state index in [0.717, 1.165) is 39.5 Å². The van der Waals surface area contributed by atoms with Crippen LogP contribution < -0.4 is 0 Å². The van der Waals surface area contributed by atoms with Gasteiger partial charge in [0.25, 0.3) is 0 Å². The topological polar surface area (TPSA) is 85.4 Å². The van der Waals surface area contributed by atoms with E-state index in [1.165, 1.54) is 0 Å². The second-order valence-electron chi connectivity index (χ2n) is 7.31. The van der Waals surface area contributed by atoms with Crippen LogP contribution in [0.4, 0.5) is 0 Å². The molecule has 0 aliphatic rings. The minimum Gasteiger partial charge on any atom is -0.338 e. The van der Waals surface area contributed by atoms with E-state index >= 15 is 0 Å². The molecule has 3 heterocycles. The summed E-state index contributed by atoms with van der Waals surface area (Å²) in [5.74, 6) is 1.17. The summed E-state index contributed by atoms with van der Waals surface area (Å²) in [4.78, 5) is 4.65. The molecule has 3 aromatic heterocycles. The number of H-pyrrole nitrogens is 1. The maximum atomic E-state index is 5.57. The smallest absolute Gasteiger partial charge is 0.234 e. The van der Waals surface area contributed by atoms with Crippen LogP contribution in [0.15, 0.2) is 34.9 Å². The summed E-state index contributed by atoms with van der Waals surface area (Å²) in [5, 5.41) is 16.0. The average molecular weight is 376 g/mol. The number of benzene rings is 1. The van der Waals surface area contributed by atoms with Gasteiger partial charge in [-0.3, -0.25) is 9.78 Å². The summed E-state index contributed by atoms with van der Waals surface area (Å²) in [6.07, 6.45) is 0. The molecule has 7 nitrogen and oxygen atoms in total. The Hall–Kier alpha value is -3.22. The highest BCUT2D eigenvalue weighted by molar-refractivity contribution is 5.55. The fraction of sp³-hybridized carbons (Fsp3) is 0.333. The van der Waals surface area contributed by atoms with Crippen molar-refractivity contribution in [2.45, 2.75) is 47.1 Å². The maximum absolute atomic E-state index is 5.57.